The maximum absolute atomic E-state index is 13.1. The summed E-state index contributed by atoms with van der Waals surface area (Å²) in [6.07, 6.45) is 8.97. The number of aryl methyl sites for hydroxylation is 2. The van der Waals surface area contributed by atoms with E-state index in [1.807, 2.05) is 58.3 Å². The van der Waals surface area contributed by atoms with Gasteiger partial charge in [-0.3, -0.25) is 9.59 Å². The highest BCUT2D eigenvalue weighted by Gasteiger charge is 2.29. The van der Waals surface area contributed by atoms with Crippen LogP contribution in [0.3, 0.4) is 0 Å². The van der Waals surface area contributed by atoms with Crippen molar-refractivity contribution in [1.29, 1.82) is 0 Å². The number of methoxy groups -OCH3 is 2. The maximum atomic E-state index is 13.1. The summed E-state index contributed by atoms with van der Waals surface area (Å²) in [7, 11) is 7.52. The average Bonchev–Trinajstić information content (AvgIpc) is 4.25. The minimum absolute atomic E-state index is 0. The highest BCUT2D eigenvalue weighted by atomic mass is 35.5. The van der Waals surface area contributed by atoms with E-state index in [1.165, 1.54) is 47.5 Å². The number of nitrogens with zero attached hydrogens (tertiary/aromatic N) is 8. The lowest BCUT2D eigenvalue weighted by atomic mass is 10.1. The van der Waals surface area contributed by atoms with Crippen molar-refractivity contribution in [2.45, 2.75) is 76.5 Å². The van der Waals surface area contributed by atoms with E-state index in [9.17, 15) is 9.59 Å². The highest BCUT2D eigenvalue weighted by Crippen LogP contribution is 2.39. The van der Waals surface area contributed by atoms with Gasteiger partial charge in [-0.1, -0.05) is 0 Å². The Morgan fingerprint density at radius 1 is 0.565 bits per heavy atom. The van der Waals surface area contributed by atoms with Crippen molar-refractivity contribution in [1.82, 2.24) is 38.0 Å². The van der Waals surface area contributed by atoms with Gasteiger partial charge in [0.05, 0.1) is 58.7 Å². The smallest absolute Gasteiger partial charge is 0.253 e. The number of halogens is 1. The molecule has 0 bridgehead atoms. The highest BCUT2D eigenvalue weighted by molar-refractivity contribution is 5.99. The number of ether oxygens (including phenoxy) is 2. The number of hydrogen-bond acceptors (Lipinski definition) is 8. The molecule has 4 aliphatic rings. The summed E-state index contributed by atoms with van der Waals surface area (Å²) in [6, 6.07) is 28.8. The number of piperidine rings is 2. The number of aromatic nitrogens is 6. The zero-order valence-electron chi connectivity index (χ0n) is 40.1. The van der Waals surface area contributed by atoms with Crippen LogP contribution in [0.15, 0.2) is 84.9 Å². The number of imidazole rings is 2. The Kier molecular flexibility index (Phi) is 12.7. The fourth-order valence-electron chi connectivity index (χ4n) is 10.5. The molecule has 4 N–H and O–H groups in total. The number of carbonyl (C=O) groups is 2. The van der Waals surface area contributed by atoms with Crippen LogP contribution in [0.25, 0.3) is 66.9 Å². The van der Waals surface area contributed by atoms with Crippen LogP contribution in [-0.2, 0) is 27.2 Å². The van der Waals surface area contributed by atoms with Crippen molar-refractivity contribution in [3.63, 3.8) is 0 Å². The predicted octanol–water partition coefficient (Wildman–Crippen LogP) is 8.78. The lowest BCUT2D eigenvalue weighted by Crippen LogP contribution is -2.45. The lowest BCUT2D eigenvalue weighted by Gasteiger charge is -2.30. The molecule has 4 fully saturated rings. The minimum atomic E-state index is 0. The van der Waals surface area contributed by atoms with E-state index >= 15 is 0 Å². The first-order valence-electron chi connectivity index (χ1n) is 24.4. The molecule has 2 amide bonds. The molecular formula is C54H63ClN10O4. The molecule has 6 heterocycles. The van der Waals surface area contributed by atoms with Crippen LogP contribution in [0.5, 0.6) is 11.5 Å². The SMILES string of the molecule is COc1ccc2cc(-c3nc4cc(C(=O)N5CCC[C@@H](N)C5)ccc4n3C)n(CC3CC3)c2c1.COc1ccc2cc(-c3nc4cc(C(=O)N5CCC[C@@H](N)C5)ccc4n3C)n(CC3CC3)c2c1.Cl. The zero-order valence-corrected chi connectivity index (χ0v) is 40.9. The van der Waals surface area contributed by atoms with Gasteiger partial charge in [-0.25, -0.2) is 9.97 Å². The first kappa shape index (κ1) is 46.4. The fraction of sp³-hybridized carbons (Fsp3) is 0.407. The zero-order chi connectivity index (χ0) is 46.8. The van der Waals surface area contributed by atoms with Gasteiger partial charge in [0.2, 0.25) is 0 Å². The van der Waals surface area contributed by atoms with E-state index in [4.69, 9.17) is 30.9 Å². The molecule has 0 spiro atoms. The molecule has 0 unspecified atom stereocenters. The molecule has 69 heavy (non-hydrogen) atoms. The maximum Gasteiger partial charge on any atom is 0.253 e. The molecule has 2 aliphatic carbocycles. The van der Waals surface area contributed by atoms with Crippen LogP contribution in [0, 0.1) is 11.8 Å². The van der Waals surface area contributed by atoms with Gasteiger partial charge in [0.25, 0.3) is 11.8 Å². The van der Waals surface area contributed by atoms with Gasteiger partial charge in [0, 0.05) is 99.5 Å². The van der Waals surface area contributed by atoms with Gasteiger partial charge < -0.3 is 49.0 Å². The second kappa shape index (κ2) is 18.9. The molecule has 4 aromatic carbocycles. The summed E-state index contributed by atoms with van der Waals surface area (Å²) in [4.78, 5) is 40.1. The van der Waals surface area contributed by atoms with Crippen LogP contribution >= 0.6 is 12.4 Å². The third-order valence-electron chi connectivity index (χ3n) is 14.7. The Balaban J connectivity index is 0.000000158. The van der Waals surface area contributed by atoms with Gasteiger partial charge >= 0.3 is 0 Å². The van der Waals surface area contributed by atoms with Crippen LogP contribution in [0.1, 0.15) is 72.1 Å². The first-order chi connectivity index (χ1) is 33.0. The molecule has 8 aromatic rings. The molecule has 2 saturated heterocycles. The monoisotopic (exact) mass is 950 g/mol. The molecule has 2 atom stereocenters. The Labute approximate surface area is 408 Å². The molecule has 360 valence electrons. The second-order valence-corrected chi connectivity index (χ2v) is 19.7. The summed E-state index contributed by atoms with van der Waals surface area (Å²) in [5.74, 6) is 5.06. The van der Waals surface area contributed by atoms with Gasteiger partial charge in [-0.05, 0) is 136 Å². The minimum Gasteiger partial charge on any atom is -0.497 e. The molecule has 2 aliphatic heterocycles. The average molecular weight is 952 g/mol. The molecule has 14 nitrogen and oxygen atoms in total. The van der Waals surface area contributed by atoms with Crippen LogP contribution in [0.2, 0.25) is 0 Å². The Morgan fingerprint density at radius 2 is 0.986 bits per heavy atom. The van der Waals surface area contributed by atoms with Crippen molar-refractivity contribution >= 4 is 68.1 Å². The number of hydrogen-bond donors (Lipinski definition) is 2. The van der Waals surface area contributed by atoms with E-state index in [2.05, 4.69) is 68.8 Å². The summed E-state index contributed by atoms with van der Waals surface area (Å²) in [6.45, 7) is 4.73. The van der Waals surface area contributed by atoms with Crippen molar-refractivity contribution in [2.24, 2.45) is 37.4 Å². The van der Waals surface area contributed by atoms with Crippen LogP contribution < -0.4 is 20.9 Å². The second-order valence-electron chi connectivity index (χ2n) is 19.7. The normalized spacial score (nSPS) is 18.4. The Morgan fingerprint density at radius 3 is 1.36 bits per heavy atom. The molecule has 0 radical (unpaired) electrons. The van der Waals surface area contributed by atoms with E-state index < -0.39 is 0 Å². The topological polar surface area (TPSA) is 157 Å². The third kappa shape index (κ3) is 9.05. The number of nitrogens with two attached hydrogens (primary N) is 2. The molecule has 15 heteroatoms. The Hall–Kier alpha value is -6.35. The third-order valence-corrected chi connectivity index (χ3v) is 14.7. The molecule has 12 rings (SSSR count). The van der Waals surface area contributed by atoms with Crippen molar-refractivity contribution < 1.29 is 19.1 Å². The van der Waals surface area contributed by atoms with Gasteiger partial charge in [0.15, 0.2) is 11.6 Å². The Bertz CT molecular complexity index is 3020. The number of amides is 2. The van der Waals surface area contributed by atoms with Gasteiger partial charge in [-0.15, -0.1) is 12.4 Å². The molecule has 4 aromatic heterocycles. The van der Waals surface area contributed by atoms with Crippen molar-refractivity contribution in [3.8, 4) is 34.5 Å². The summed E-state index contributed by atoms with van der Waals surface area (Å²) in [5, 5.41) is 2.36. The number of fused-ring (bicyclic) bond motifs is 4. The summed E-state index contributed by atoms with van der Waals surface area (Å²) >= 11 is 0. The van der Waals surface area contributed by atoms with Crippen molar-refractivity contribution in [2.75, 3.05) is 40.4 Å². The fourth-order valence-corrected chi connectivity index (χ4v) is 10.5. The number of rotatable bonds is 10. The largest absolute Gasteiger partial charge is 0.497 e. The number of likely N-dealkylation sites (tertiary alicyclic amines) is 2. The van der Waals surface area contributed by atoms with E-state index in [-0.39, 0.29) is 36.3 Å². The lowest BCUT2D eigenvalue weighted by molar-refractivity contribution is 0.0702. The first-order valence-corrected chi connectivity index (χ1v) is 24.4. The number of benzene rings is 4. The van der Waals surface area contributed by atoms with E-state index in [0.29, 0.717) is 24.2 Å². The number of carbonyl (C=O) groups excluding carboxylic acids is 2. The van der Waals surface area contributed by atoms with Crippen LogP contribution in [0.4, 0.5) is 0 Å². The predicted molar refractivity (Wildman–Crippen MR) is 275 cm³/mol. The molecular weight excluding hydrogens is 888 g/mol. The van der Waals surface area contributed by atoms with Crippen molar-refractivity contribution in [3.05, 3.63) is 96.1 Å². The van der Waals surface area contributed by atoms with E-state index in [1.54, 1.807) is 14.2 Å². The summed E-state index contributed by atoms with van der Waals surface area (Å²) in [5.41, 5.74) is 21.8. The van der Waals surface area contributed by atoms with Gasteiger partial charge in [-0.2, -0.15) is 0 Å². The van der Waals surface area contributed by atoms with Gasteiger partial charge in [0.1, 0.15) is 11.5 Å². The van der Waals surface area contributed by atoms with E-state index in [0.717, 1.165) is 120 Å². The standard InChI is InChI=1S/2C27H31N5O2.ClH/c2*1-30-23-10-8-19(27(33)31-11-3-4-20(28)16-31)12-22(23)29-26(30)25-13-18-7-9-21(34-2)14-24(18)32(25)15-17-5-6-17;/h2*7-10,12-14,17,20H,3-6,11,15-16,28H2,1-2H3;1H/t2*20-;/m11./s1. The molecule has 2 saturated carbocycles. The van der Waals surface area contributed by atoms with Crippen LogP contribution in [-0.4, -0.2) is 102 Å². The summed E-state index contributed by atoms with van der Waals surface area (Å²) < 4.78 is 20.0. The quantitative estimate of drug-likeness (QED) is 0.138.